The lowest BCUT2D eigenvalue weighted by Crippen LogP contribution is -2.12. The van der Waals surface area contributed by atoms with Gasteiger partial charge in [-0.2, -0.15) is 0 Å². The van der Waals surface area contributed by atoms with Crippen LogP contribution in [0.3, 0.4) is 0 Å². The van der Waals surface area contributed by atoms with E-state index in [4.69, 9.17) is 4.74 Å². The average molecular weight is 295 g/mol. The first-order chi connectivity index (χ1) is 10.7. The summed E-state index contributed by atoms with van der Waals surface area (Å²) in [6.07, 6.45) is 15.1. The molecule has 2 heteroatoms. The number of hydrogen-bond acceptors (Lipinski definition) is 2. The number of hydrogen-bond donors (Lipinski definition) is 1. The van der Waals surface area contributed by atoms with E-state index < -0.39 is 0 Å². The van der Waals surface area contributed by atoms with Crippen LogP contribution in [0.4, 0.5) is 0 Å². The Hall–Kier alpha value is -2.22. The topological polar surface area (TPSA) is 21.3 Å². The van der Waals surface area contributed by atoms with Crippen LogP contribution in [0.1, 0.15) is 30.9 Å². The highest BCUT2D eigenvalue weighted by Crippen LogP contribution is 2.22. The van der Waals surface area contributed by atoms with Crippen LogP contribution in [0.15, 0.2) is 60.0 Å². The second-order valence-corrected chi connectivity index (χ2v) is 5.47. The molecule has 0 bridgehead atoms. The zero-order valence-corrected chi connectivity index (χ0v) is 13.7. The normalized spacial score (nSPS) is 19.0. The van der Waals surface area contributed by atoms with E-state index in [1.165, 1.54) is 11.1 Å². The molecule has 22 heavy (non-hydrogen) atoms. The minimum Gasteiger partial charge on any atom is -0.501 e. The molecule has 0 radical (unpaired) electrons. The number of ether oxygens (including phenoxy) is 1. The maximum atomic E-state index is 5.22. The molecule has 1 aromatic rings. The van der Waals surface area contributed by atoms with Crippen molar-refractivity contribution < 1.29 is 4.74 Å². The minimum absolute atomic E-state index is 0.525. The van der Waals surface area contributed by atoms with Crippen LogP contribution < -0.4 is 5.32 Å². The van der Waals surface area contributed by atoms with E-state index in [-0.39, 0.29) is 0 Å². The third-order valence-corrected chi connectivity index (χ3v) is 3.86. The molecule has 1 N–H and O–H groups in total. The van der Waals surface area contributed by atoms with Crippen LogP contribution in [-0.4, -0.2) is 14.2 Å². The van der Waals surface area contributed by atoms with Crippen LogP contribution in [0.5, 0.6) is 0 Å². The maximum Gasteiger partial charge on any atom is 0.101 e. The van der Waals surface area contributed by atoms with E-state index in [1.807, 2.05) is 13.1 Å². The van der Waals surface area contributed by atoms with Crippen LogP contribution in [0.25, 0.3) is 12.2 Å². The average Bonchev–Trinajstić information content (AvgIpc) is 2.81. The van der Waals surface area contributed by atoms with Gasteiger partial charge in [0.1, 0.15) is 5.76 Å². The fourth-order valence-electron chi connectivity index (χ4n) is 2.49. The van der Waals surface area contributed by atoms with E-state index in [0.717, 1.165) is 24.3 Å². The van der Waals surface area contributed by atoms with E-state index in [2.05, 4.69) is 66.9 Å². The molecule has 0 heterocycles. The van der Waals surface area contributed by atoms with Crippen LogP contribution in [0, 0.1) is 5.92 Å². The molecule has 2 nitrogen and oxygen atoms in total. The molecule has 1 aromatic carbocycles. The molecule has 2 aliphatic carbocycles. The Bertz CT molecular complexity index is 577. The number of methoxy groups -OCH3 is 1. The summed E-state index contributed by atoms with van der Waals surface area (Å²) in [6, 6.07) is 8.42. The molecule has 3 rings (SSSR count). The van der Waals surface area contributed by atoms with Gasteiger partial charge in [0.15, 0.2) is 0 Å². The molecule has 0 amide bonds. The quantitative estimate of drug-likeness (QED) is 0.848. The van der Waals surface area contributed by atoms with Gasteiger partial charge in [0.2, 0.25) is 0 Å². The molecule has 0 aromatic heterocycles. The maximum absolute atomic E-state index is 5.22. The van der Waals surface area contributed by atoms with Gasteiger partial charge >= 0.3 is 0 Å². The number of nitrogens with one attached hydrogen (secondary N) is 1. The monoisotopic (exact) mass is 295 g/mol. The molecular formula is C20H25NO. The zero-order chi connectivity index (χ0) is 15.8. The summed E-state index contributed by atoms with van der Waals surface area (Å²) in [7, 11) is 3.65. The van der Waals surface area contributed by atoms with Gasteiger partial charge in [-0.15, -0.1) is 0 Å². The summed E-state index contributed by atoms with van der Waals surface area (Å²) in [5.74, 6) is 1.59. The number of rotatable bonds is 2. The van der Waals surface area contributed by atoms with Crippen molar-refractivity contribution in [2.24, 2.45) is 5.92 Å². The van der Waals surface area contributed by atoms with Gasteiger partial charge in [-0.25, -0.2) is 0 Å². The molecule has 0 saturated carbocycles. The van der Waals surface area contributed by atoms with E-state index >= 15 is 0 Å². The Morgan fingerprint density at radius 1 is 1.09 bits per heavy atom. The van der Waals surface area contributed by atoms with Crippen LogP contribution >= 0.6 is 0 Å². The fraction of sp³-hybridized carbons (Fsp3) is 0.300. The van der Waals surface area contributed by atoms with Gasteiger partial charge in [-0.05, 0) is 30.0 Å². The molecule has 2 aliphatic rings. The van der Waals surface area contributed by atoms with Crippen molar-refractivity contribution in [2.75, 3.05) is 14.2 Å². The van der Waals surface area contributed by atoms with Crippen molar-refractivity contribution in [3.63, 3.8) is 0 Å². The Morgan fingerprint density at radius 2 is 1.73 bits per heavy atom. The second kappa shape index (κ2) is 8.28. The van der Waals surface area contributed by atoms with Crippen molar-refractivity contribution in [2.45, 2.75) is 19.8 Å². The molecule has 0 saturated heterocycles. The van der Waals surface area contributed by atoms with E-state index in [0.29, 0.717) is 5.92 Å². The lowest BCUT2D eigenvalue weighted by Gasteiger charge is -2.18. The van der Waals surface area contributed by atoms with Gasteiger partial charge in [0, 0.05) is 18.7 Å². The molecule has 0 aliphatic heterocycles. The minimum atomic E-state index is 0.525. The largest absolute Gasteiger partial charge is 0.501 e. The summed E-state index contributed by atoms with van der Waals surface area (Å²) >= 11 is 0. The molecule has 0 fully saturated rings. The molecule has 1 atom stereocenters. The number of benzene rings is 1. The Morgan fingerprint density at radius 3 is 2.27 bits per heavy atom. The molecular weight excluding hydrogens is 270 g/mol. The fourth-order valence-corrected chi connectivity index (χ4v) is 2.49. The third kappa shape index (κ3) is 4.39. The highest BCUT2D eigenvalue weighted by Gasteiger charge is 2.12. The highest BCUT2D eigenvalue weighted by molar-refractivity contribution is 5.67. The van der Waals surface area contributed by atoms with Crippen molar-refractivity contribution in [3.05, 3.63) is 71.2 Å². The van der Waals surface area contributed by atoms with Crippen molar-refractivity contribution in [1.29, 1.82) is 0 Å². The first kappa shape index (κ1) is 16.2. The smallest absolute Gasteiger partial charge is 0.101 e. The number of allylic oxidation sites excluding steroid dienone is 5. The lowest BCUT2D eigenvalue weighted by atomic mass is 9.99. The van der Waals surface area contributed by atoms with Gasteiger partial charge in [-0.3, -0.25) is 0 Å². The zero-order valence-electron chi connectivity index (χ0n) is 13.7. The molecule has 0 spiro atoms. The number of fused-ring (bicyclic) bond motifs is 1. The summed E-state index contributed by atoms with van der Waals surface area (Å²) in [5.41, 5.74) is 3.79. The first-order valence-corrected chi connectivity index (χ1v) is 7.80. The second-order valence-electron chi connectivity index (χ2n) is 5.47. The SMILES string of the molecule is C1=Cc2ccccc2C=CC1.CNC1=CCC(C)C(OC)=C1. The summed E-state index contributed by atoms with van der Waals surface area (Å²) in [4.78, 5) is 0. The summed E-state index contributed by atoms with van der Waals surface area (Å²) in [5, 5.41) is 3.09. The van der Waals surface area contributed by atoms with Crippen molar-refractivity contribution in [1.82, 2.24) is 5.32 Å². The van der Waals surface area contributed by atoms with Gasteiger partial charge in [-0.1, -0.05) is 61.6 Å². The molecule has 116 valence electrons. The van der Waals surface area contributed by atoms with Crippen LogP contribution in [0.2, 0.25) is 0 Å². The molecule has 1 unspecified atom stereocenters. The van der Waals surface area contributed by atoms with Gasteiger partial charge in [0.05, 0.1) is 7.11 Å². The van der Waals surface area contributed by atoms with Crippen molar-refractivity contribution in [3.8, 4) is 0 Å². The standard InChI is InChI=1S/C11H10.C9H15NO/c1-2-6-10-8-4-5-9-11(10)7-3-1;1-7-4-5-8(10-2)6-9(7)11-3/h2-9H,1H2;5-7,10H,4H2,1-3H3. The first-order valence-electron chi connectivity index (χ1n) is 7.80. The predicted molar refractivity (Wildman–Crippen MR) is 95.1 cm³/mol. The summed E-state index contributed by atoms with van der Waals surface area (Å²) < 4.78 is 5.22. The van der Waals surface area contributed by atoms with Crippen molar-refractivity contribution >= 4 is 12.2 Å². The highest BCUT2D eigenvalue weighted by atomic mass is 16.5. The third-order valence-electron chi connectivity index (χ3n) is 3.86. The van der Waals surface area contributed by atoms with E-state index in [1.54, 1.807) is 7.11 Å². The number of likely N-dealkylation sites (N-methyl/N-ethyl adjacent to an activating group) is 1. The summed E-state index contributed by atoms with van der Waals surface area (Å²) in [6.45, 7) is 2.16. The van der Waals surface area contributed by atoms with Gasteiger partial charge in [0.25, 0.3) is 0 Å². The Kier molecular flexibility index (Phi) is 6.08. The van der Waals surface area contributed by atoms with Gasteiger partial charge < -0.3 is 10.1 Å². The predicted octanol–water partition coefficient (Wildman–Crippen LogP) is 4.78. The van der Waals surface area contributed by atoms with Crippen LogP contribution in [-0.2, 0) is 4.74 Å². The van der Waals surface area contributed by atoms with E-state index in [9.17, 15) is 0 Å². The Labute approximate surface area is 133 Å². The Balaban J connectivity index is 0.000000160. The lowest BCUT2D eigenvalue weighted by molar-refractivity contribution is 0.245.